The molecule has 0 radical (unpaired) electrons. The van der Waals surface area contributed by atoms with Gasteiger partial charge >= 0.3 is 6.18 Å². The zero-order valence-corrected chi connectivity index (χ0v) is 15.9. The maximum Gasteiger partial charge on any atom is 0.417 e. The van der Waals surface area contributed by atoms with Gasteiger partial charge in [0.05, 0.1) is 5.56 Å². The van der Waals surface area contributed by atoms with Crippen LogP contribution < -0.4 is 11.1 Å². The lowest BCUT2D eigenvalue weighted by Gasteiger charge is -2.22. The molecule has 0 spiro atoms. The summed E-state index contributed by atoms with van der Waals surface area (Å²) in [7, 11) is 0. The summed E-state index contributed by atoms with van der Waals surface area (Å²) < 4.78 is 43.3. The van der Waals surface area contributed by atoms with Crippen LogP contribution in [0.3, 0.4) is 0 Å². The fourth-order valence-electron chi connectivity index (χ4n) is 3.49. The van der Waals surface area contributed by atoms with E-state index in [2.05, 4.69) is 5.32 Å². The van der Waals surface area contributed by atoms with Gasteiger partial charge in [-0.1, -0.05) is 66.7 Å². The first kappa shape index (κ1) is 19.6. The Hall–Kier alpha value is -3.73. The fourth-order valence-corrected chi connectivity index (χ4v) is 3.49. The Balaban J connectivity index is 2.00. The average molecular weight is 404 g/mol. The standard InChI is InChI=1S/C25H19F3N2/c26-25(27,28)24-21(17-11-13-19(29)14-12-17)15-16-22(30-20-9-5-2-6-10-20)23(24)18-7-3-1-4-8-18/h1-16,30H,29H2. The number of para-hydroxylation sites is 1. The van der Waals surface area contributed by atoms with Crippen molar-refractivity contribution in [3.8, 4) is 22.3 Å². The number of nitrogens with one attached hydrogen (secondary N) is 1. The van der Waals surface area contributed by atoms with E-state index in [1.54, 1.807) is 60.7 Å². The SMILES string of the molecule is Nc1ccc(-c2ccc(Nc3ccccc3)c(-c3ccccc3)c2C(F)(F)F)cc1. The minimum atomic E-state index is -4.56. The number of benzene rings is 4. The van der Waals surface area contributed by atoms with Crippen molar-refractivity contribution in [2.75, 3.05) is 11.1 Å². The van der Waals surface area contributed by atoms with Gasteiger partial charge in [0.15, 0.2) is 0 Å². The van der Waals surface area contributed by atoms with Crippen molar-refractivity contribution >= 4 is 17.1 Å². The van der Waals surface area contributed by atoms with Crippen LogP contribution in [0.4, 0.5) is 30.2 Å². The number of rotatable bonds is 4. The van der Waals surface area contributed by atoms with Crippen LogP contribution in [0.1, 0.15) is 5.56 Å². The lowest BCUT2D eigenvalue weighted by molar-refractivity contribution is -0.136. The van der Waals surface area contributed by atoms with E-state index in [4.69, 9.17) is 5.73 Å². The minimum absolute atomic E-state index is 0.111. The molecule has 0 aromatic heterocycles. The van der Waals surface area contributed by atoms with E-state index in [9.17, 15) is 13.2 Å². The van der Waals surface area contributed by atoms with E-state index in [1.165, 1.54) is 6.07 Å². The Morgan fingerprint density at radius 2 is 1.23 bits per heavy atom. The highest BCUT2D eigenvalue weighted by Gasteiger charge is 2.38. The van der Waals surface area contributed by atoms with Crippen LogP contribution in [0, 0.1) is 0 Å². The quantitative estimate of drug-likeness (QED) is 0.349. The highest BCUT2D eigenvalue weighted by molar-refractivity contribution is 5.90. The lowest BCUT2D eigenvalue weighted by atomic mass is 9.89. The summed E-state index contributed by atoms with van der Waals surface area (Å²) in [5.74, 6) is 0. The minimum Gasteiger partial charge on any atom is -0.399 e. The summed E-state index contributed by atoms with van der Waals surface area (Å²) in [6.45, 7) is 0. The molecule has 0 heterocycles. The monoisotopic (exact) mass is 404 g/mol. The fraction of sp³-hybridized carbons (Fsp3) is 0.0400. The highest BCUT2D eigenvalue weighted by atomic mass is 19.4. The van der Waals surface area contributed by atoms with E-state index >= 15 is 0 Å². The molecule has 0 amide bonds. The molecular formula is C25H19F3N2. The molecule has 2 nitrogen and oxygen atoms in total. The van der Waals surface area contributed by atoms with Crippen LogP contribution in [0.5, 0.6) is 0 Å². The molecule has 0 bridgehead atoms. The number of halogens is 3. The third-order valence-corrected chi connectivity index (χ3v) is 4.83. The Kier molecular flexibility index (Phi) is 5.19. The van der Waals surface area contributed by atoms with Gasteiger partial charge in [-0.2, -0.15) is 13.2 Å². The van der Waals surface area contributed by atoms with Crippen molar-refractivity contribution < 1.29 is 13.2 Å². The van der Waals surface area contributed by atoms with Crippen molar-refractivity contribution in [1.82, 2.24) is 0 Å². The zero-order chi connectivity index (χ0) is 21.1. The number of alkyl halides is 3. The van der Waals surface area contributed by atoms with Crippen molar-refractivity contribution in [3.63, 3.8) is 0 Å². The molecule has 0 aliphatic rings. The molecule has 150 valence electrons. The molecule has 4 rings (SSSR count). The van der Waals surface area contributed by atoms with E-state index in [1.807, 2.05) is 30.3 Å². The molecule has 4 aromatic rings. The first-order valence-electron chi connectivity index (χ1n) is 9.41. The first-order chi connectivity index (χ1) is 14.4. The maximum atomic E-state index is 14.4. The second kappa shape index (κ2) is 7.95. The van der Waals surface area contributed by atoms with Gasteiger partial charge in [0, 0.05) is 22.6 Å². The van der Waals surface area contributed by atoms with E-state index in [0.717, 1.165) is 0 Å². The zero-order valence-electron chi connectivity index (χ0n) is 15.9. The second-order valence-electron chi connectivity index (χ2n) is 6.89. The predicted molar refractivity (Wildman–Crippen MR) is 116 cm³/mol. The molecule has 0 aliphatic heterocycles. The lowest BCUT2D eigenvalue weighted by Crippen LogP contribution is -2.11. The Morgan fingerprint density at radius 1 is 0.633 bits per heavy atom. The number of hydrogen-bond donors (Lipinski definition) is 2. The van der Waals surface area contributed by atoms with Crippen molar-refractivity contribution in [2.45, 2.75) is 6.18 Å². The van der Waals surface area contributed by atoms with Crippen LogP contribution in [0.2, 0.25) is 0 Å². The van der Waals surface area contributed by atoms with Gasteiger partial charge in [0.2, 0.25) is 0 Å². The van der Waals surface area contributed by atoms with Gasteiger partial charge in [-0.05, 0) is 47.0 Å². The van der Waals surface area contributed by atoms with E-state index < -0.39 is 11.7 Å². The highest BCUT2D eigenvalue weighted by Crippen LogP contribution is 2.47. The first-order valence-corrected chi connectivity index (χ1v) is 9.41. The summed E-state index contributed by atoms with van der Waals surface area (Å²) in [6, 6.07) is 27.4. The Labute approximate surface area is 172 Å². The summed E-state index contributed by atoms with van der Waals surface area (Å²) in [6.07, 6.45) is -4.56. The van der Waals surface area contributed by atoms with Crippen LogP contribution >= 0.6 is 0 Å². The molecule has 3 N–H and O–H groups in total. The summed E-state index contributed by atoms with van der Waals surface area (Å²) in [5.41, 5.74) is 7.81. The molecule has 0 unspecified atom stereocenters. The second-order valence-corrected chi connectivity index (χ2v) is 6.89. The topological polar surface area (TPSA) is 38.0 Å². The Bertz CT molecular complexity index is 1140. The van der Waals surface area contributed by atoms with Crippen molar-refractivity contribution in [3.05, 3.63) is 103 Å². The van der Waals surface area contributed by atoms with Crippen LogP contribution in [0.25, 0.3) is 22.3 Å². The van der Waals surface area contributed by atoms with Gasteiger partial charge in [-0.25, -0.2) is 0 Å². The van der Waals surface area contributed by atoms with E-state index in [0.29, 0.717) is 28.2 Å². The van der Waals surface area contributed by atoms with Gasteiger partial charge in [-0.15, -0.1) is 0 Å². The molecule has 0 aliphatic carbocycles. The largest absolute Gasteiger partial charge is 0.417 e. The van der Waals surface area contributed by atoms with Crippen LogP contribution in [-0.2, 0) is 6.18 Å². The normalized spacial score (nSPS) is 11.3. The number of nitrogens with two attached hydrogens (primary N) is 1. The van der Waals surface area contributed by atoms with Gasteiger partial charge < -0.3 is 11.1 Å². The van der Waals surface area contributed by atoms with Gasteiger partial charge in [0.1, 0.15) is 0 Å². The molecule has 0 fully saturated rings. The van der Waals surface area contributed by atoms with Crippen LogP contribution in [0.15, 0.2) is 97.1 Å². The van der Waals surface area contributed by atoms with Gasteiger partial charge in [0.25, 0.3) is 0 Å². The molecule has 30 heavy (non-hydrogen) atoms. The molecule has 0 atom stereocenters. The summed E-state index contributed by atoms with van der Waals surface area (Å²) >= 11 is 0. The van der Waals surface area contributed by atoms with Crippen LogP contribution in [-0.4, -0.2) is 0 Å². The smallest absolute Gasteiger partial charge is 0.399 e. The van der Waals surface area contributed by atoms with E-state index in [-0.39, 0.29) is 11.1 Å². The average Bonchev–Trinajstić information content (AvgIpc) is 2.75. The van der Waals surface area contributed by atoms with Crippen molar-refractivity contribution in [2.24, 2.45) is 0 Å². The number of nitrogen functional groups attached to an aromatic ring is 1. The summed E-state index contributed by atoms with van der Waals surface area (Å²) in [4.78, 5) is 0. The number of anilines is 3. The Morgan fingerprint density at radius 3 is 1.83 bits per heavy atom. The third kappa shape index (κ3) is 4.01. The summed E-state index contributed by atoms with van der Waals surface area (Å²) in [5, 5.41) is 3.15. The third-order valence-electron chi connectivity index (χ3n) is 4.83. The van der Waals surface area contributed by atoms with Gasteiger partial charge in [-0.3, -0.25) is 0 Å². The van der Waals surface area contributed by atoms with Crippen molar-refractivity contribution in [1.29, 1.82) is 0 Å². The molecular weight excluding hydrogens is 385 g/mol. The molecule has 4 aromatic carbocycles. The molecule has 5 heteroatoms. The predicted octanol–water partition coefficient (Wildman–Crippen LogP) is 7.37. The number of hydrogen-bond acceptors (Lipinski definition) is 2. The maximum absolute atomic E-state index is 14.4. The molecule has 0 saturated heterocycles. The molecule has 0 saturated carbocycles.